The molecule has 0 bridgehead atoms. The summed E-state index contributed by atoms with van der Waals surface area (Å²) in [5.41, 5.74) is 2.40. The molecule has 0 radical (unpaired) electrons. The fourth-order valence-corrected chi connectivity index (χ4v) is 2.45. The molecule has 0 saturated heterocycles. The highest BCUT2D eigenvalue weighted by Crippen LogP contribution is 2.39. The third kappa shape index (κ3) is 2.00. The molecule has 82 valence electrons. The van der Waals surface area contributed by atoms with Crippen LogP contribution in [0.2, 0.25) is 0 Å². The fraction of sp³-hybridized carbons (Fsp3) is 0.538. The lowest BCUT2D eigenvalue weighted by molar-refractivity contribution is 0.162. The van der Waals surface area contributed by atoms with Crippen LogP contribution in [0.3, 0.4) is 0 Å². The molecule has 1 N–H and O–H groups in total. The van der Waals surface area contributed by atoms with Crippen LogP contribution in [0.15, 0.2) is 18.2 Å². The van der Waals surface area contributed by atoms with Crippen molar-refractivity contribution in [2.45, 2.75) is 38.2 Å². The van der Waals surface area contributed by atoms with E-state index >= 15 is 0 Å². The molecule has 2 nitrogen and oxygen atoms in total. The Kier molecular flexibility index (Phi) is 2.96. The summed E-state index contributed by atoms with van der Waals surface area (Å²) in [5.74, 6) is 1.17. The maximum Gasteiger partial charge on any atom is 0.122 e. The van der Waals surface area contributed by atoms with Crippen LogP contribution < -0.4 is 4.74 Å². The number of rotatable bonds is 2. The van der Waals surface area contributed by atoms with E-state index in [1.807, 2.05) is 12.1 Å². The van der Waals surface area contributed by atoms with Crippen molar-refractivity contribution in [2.24, 2.45) is 0 Å². The van der Waals surface area contributed by atoms with Crippen LogP contribution in [0, 0.1) is 6.92 Å². The molecule has 1 aromatic carbocycles. The molecule has 1 aliphatic rings. The van der Waals surface area contributed by atoms with Crippen molar-refractivity contribution >= 4 is 0 Å². The first-order valence-corrected chi connectivity index (χ1v) is 5.55. The van der Waals surface area contributed by atoms with Crippen molar-refractivity contribution in [1.29, 1.82) is 0 Å². The molecule has 0 heterocycles. The van der Waals surface area contributed by atoms with Gasteiger partial charge in [0, 0.05) is 11.5 Å². The van der Waals surface area contributed by atoms with Gasteiger partial charge in [-0.1, -0.05) is 24.1 Å². The van der Waals surface area contributed by atoms with E-state index in [1.165, 1.54) is 11.1 Å². The molecule has 1 fully saturated rings. The molecular weight excluding hydrogens is 188 g/mol. The van der Waals surface area contributed by atoms with Crippen LogP contribution in [0.5, 0.6) is 5.75 Å². The van der Waals surface area contributed by atoms with E-state index in [0.29, 0.717) is 0 Å². The molecule has 15 heavy (non-hydrogen) atoms. The Hall–Kier alpha value is -1.02. The quantitative estimate of drug-likeness (QED) is 0.806. The molecule has 0 spiro atoms. The topological polar surface area (TPSA) is 29.5 Å². The summed E-state index contributed by atoms with van der Waals surface area (Å²) < 4.78 is 5.35. The minimum absolute atomic E-state index is 0.194. The number of benzene rings is 1. The van der Waals surface area contributed by atoms with Gasteiger partial charge in [0.15, 0.2) is 0 Å². The molecule has 2 atom stereocenters. The van der Waals surface area contributed by atoms with Gasteiger partial charge in [-0.2, -0.15) is 0 Å². The summed E-state index contributed by atoms with van der Waals surface area (Å²) >= 11 is 0. The zero-order chi connectivity index (χ0) is 10.8. The van der Waals surface area contributed by atoms with Crippen LogP contribution >= 0.6 is 0 Å². The average molecular weight is 206 g/mol. The second-order valence-corrected chi connectivity index (χ2v) is 4.35. The van der Waals surface area contributed by atoms with E-state index in [-0.39, 0.29) is 12.0 Å². The lowest BCUT2D eigenvalue weighted by atomic mass is 9.93. The molecule has 1 aliphatic carbocycles. The van der Waals surface area contributed by atoms with Gasteiger partial charge in [0.1, 0.15) is 5.75 Å². The minimum atomic E-state index is -0.194. The number of hydrogen-bond acceptors (Lipinski definition) is 2. The predicted octanol–water partition coefficient (Wildman–Crippen LogP) is 2.63. The second kappa shape index (κ2) is 4.23. The number of aryl methyl sites for hydroxylation is 1. The summed E-state index contributed by atoms with van der Waals surface area (Å²) in [7, 11) is 1.69. The summed E-state index contributed by atoms with van der Waals surface area (Å²) in [6.07, 6.45) is 2.91. The van der Waals surface area contributed by atoms with E-state index in [9.17, 15) is 5.11 Å². The Balaban J connectivity index is 2.36. The van der Waals surface area contributed by atoms with Gasteiger partial charge < -0.3 is 9.84 Å². The summed E-state index contributed by atoms with van der Waals surface area (Å²) in [6.45, 7) is 2.07. The van der Waals surface area contributed by atoms with Crippen LogP contribution in [-0.4, -0.2) is 18.3 Å². The van der Waals surface area contributed by atoms with E-state index in [2.05, 4.69) is 13.0 Å². The van der Waals surface area contributed by atoms with Crippen molar-refractivity contribution in [2.75, 3.05) is 7.11 Å². The number of aliphatic hydroxyl groups excluding tert-OH is 1. The highest BCUT2D eigenvalue weighted by atomic mass is 16.5. The molecule has 2 rings (SSSR count). The SMILES string of the molecule is COc1ccc(C)cc1C1CCCC1O. The van der Waals surface area contributed by atoms with Gasteiger partial charge in [0.25, 0.3) is 0 Å². The summed E-state index contributed by atoms with van der Waals surface area (Å²) in [5, 5.41) is 9.90. The van der Waals surface area contributed by atoms with Gasteiger partial charge in [-0.15, -0.1) is 0 Å². The lowest BCUT2D eigenvalue weighted by Gasteiger charge is -2.18. The van der Waals surface area contributed by atoms with E-state index in [4.69, 9.17) is 4.74 Å². The average Bonchev–Trinajstić information content (AvgIpc) is 2.64. The second-order valence-electron chi connectivity index (χ2n) is 4.35. The molecule has 1 aromatic rings. The zero-order valence-electron chi connectivity index (χ0n) is 9.36. The van der Waals surface area contributed by atoms with E-state index in [0.717, 1.165) is 25.0 Å². The van der Waals surface area contributed by atoms with E-state index in [1.54, 1.807) is 7.11 Å². The largest absolute Gasteiger partial charge is 0.496 e. The molecular formula is C13H18O2. The van der Waals surface area contributed by atoms with Crippen LogP contribution in [0.25, 0.3) is 0 Å². The maximum atomic E-state index is 9.90. The summed E-state index contributed by atoms with van der Waals surface area (Å²) in [6, 6.07) is 6.18. The van der Waals surface area contributed by atoms with Crippen molar-refractivity contribution in [3.05, 3.63) is 29.3 Å². The fourth-order valence-electron chi connectivity index (χ4n) is 2.45. The van der Waals surface area contributed by atoms with Crippen LogP contribution in [-0.2, 0) is 0 Å². The molecule has 1 saturated carbocycles. The molecule has 0 aliphatic heterocycles. The van der Waals surface area contributed by atoms with Gasteiger partial charge in [-0.3, -0.25) is 0 Å². The number of hydrogen-bond donors (Lipinski definition) is 1. The summed E-state index contributed by atoms with van der Waals surface area (Å²) in [4.78, 5) is 0. The third-order valence-electron chi connectivity index (χ3n) is 3.26. The normalized spacial score (nSPS) is 25.5. The first-order chi connectivity index (χ1) is 7.22. The van der Waals surface area contributed by atoms with Crippen molar-refractivity contribution in [3.63, 3.8) is 0 Å². The van der Waals surface area contributed by atoms with E-state index < -0.39 is 0 Å². The standard InChI is InChI=1S/C13H18O2/c1-9-6-7-13(15-2)11(8-9)10-4-3-5-12(10)14/h6-8,10,12,14H,3-5H2,1-2H3. The van der Waals surface area contributed by atoms with Gasteiger partial charge in [0.05, 0.1) is 13.2 Å². The number of methoxy groups -OCH3 is 1. The van der Waals surface area contributed by atoms with Gasteiger partial charge >= 0.3 is 0 Å². The Morgan fingerprint density at radius 2 is 2.13 bits per heavy atom. The number of ether oxygens (including phenoxy) is 1. The lowest BCUT2D eigenvalue weighted by Crippen LogP contribution is -2.12. The van der Waals surface area contributed by atoms with Crippen molar-refractivity contribution in [3.8, 4) is 5.75 Å². The maximum absolute atomic E-state index is 9.90. The number of aliphatic hydroxyl groups is 1. The highest BCUT2D eigenvalue weighted by molar-refractivity contribution is 5.40. The molecule has 2 heteroatoms. The first kappa shape index (κ1) is 10.5. The Labute approximate surface area is 90.9 Å². The highest BCUT2D eigenvalue weighted by Gasteiger charge is 2.28. The Morgan fingerprint density at radius 1 is 1.33 bits per heavy atom. The predicted molar refractivity (Wildman–Crippen MR) is 60.3 cm³/mol. The molecule has 0 amide bonds. The van der Waals surface area contributed by atoms with Gasteiger partial charge in [-0.05, 0) is 25.8 Å². The van der Waals surface area contributed by atoms with Crippen LogP contribution in [0.4, 0.5) is 0 Å². The molecule has 0 aromatic heterocycles. The Bertz CT molecular complexity index is 346. The zero-order valence-corrected chi connectivity index (χ0v) is 9.36. The van der Waals surface area contributed by atoms with Crippen molar-refractivity contribution < 1.29 is 9.84 Å². The monoisotopic (exact) mass is 206 g/mol. The van der Waals surface area contributed by atoms with Gasteiger partial charge in [0.2, 0.25) is 0 Å². The first-order valence-electron chi connectivity index (χ1n) is 5.55. The Morgan fingerprint density at radius 3 is 2.73 bits per heavy atom. The molecule has 2 unspecified atom stereocenters. The van der Waals surface area contributed by atoms with Crippen LogP contribution in [0.1, 0.15) is 36.3 Å². The van der Waals surface area contributed by atoms with Crippen molar-refractivity contribution in [1.82, 2.24) is 0 Å². The smallest absolute Gasteiger partial charge is 0.122 e. The minimum Gasteiger partial charge on any atom is -0.496 e. The third-order valence-corrected chi connectivity index (χ3v) is 3.26. The van der Waals surface area contributed by atoms with Gasteiger partial charge in [-0.25, -0.2) is 0 Å².